The van der Waals surface area contributed by atoms with Crippen LogP contribution in [0.4, 0.5) is 0 Å². The Labute approximate surface area is 240 Å². The van der Waals surface area contributed by atoms with Gasteiger partial charge in [0.15, 0.2) is 0 Å². The first kappa shape index (κ1) is 28.7. The average molecular weight is 562 g/mol. The highest BCUT2D eigenvalue weighted by atomic mass is 35.5. The molecular formula is C33H34Cl2N2O2. The lowest BCUT2D eigenvalue weighted by Gasteiger charge is -2.32. The number of carbonyl (C=O) groups is 2. The summed E-state index contributed by atoms with van der Waals surface area (Å²) in [7, 11) is 0. The summed E-state index contributed by atoms with van der Waals surface area (Å²) in [6, 6.07) is 28.7. The third-order valence-electron chi connectivity index (χ3n) is 6.98. The van der Waals surface area contributed by atoms with E-state index in [2.05, 4.69) is 36.5 Å². The molecule has 1 N–H and O–H groups in total. The summed E-state index contributed by atoms with van der Waals surface area (Å²) in [4.78, 5) is 29.3. The van der Waals surface area contributed by atoms with Gasteiger partial charge in [0, 0.05) is 41.5 Å². The van der Waals surface area contributed by atoms with E-state index in [1.807, 2.05) is 48.5 Å². The normalized spacial score (nSPS) is 11.8. The number of nitrogens with zero attached hydrogens (tertiary/aromatic N) is 1. The smallest absolute Gasteiger partial charge is 0.243 e. The number of rotatable bonds is 12. The fourth-order valence-corrected chi connectivity index (χ4v) is 5.33. The zero-order valence-electron chi connectivity index (χ0n) is 22.2. The lowest BCUT2D eigenvalue weighted by Crippen LogP contribution is -2.50. The molecule has 0 heterocycles. The van der Waals surface area contributed by atoms with Gasteiger partial charge in [-0.3, -0.25) is 9.59 Å². The monoisotopic (exact) mass is 560 g/mol. The second-order valence-electron chi connectivity index (χ2n) is 9.71. The predicted molar refractivity (Wildman–Crippen MR) is 161 cm³/mol. The van der Waals surface area contributed by atoms with E-state index in [1.165, 1.54) is 0 Å². The van der Waals surface area contributed by atoms with Gasteiger partial charge in [-0.2, -0.15) is 0 Å². The lowest BCUT2D eigenvalue weighted by atomic mass is 9.99. The highest BCUT2D eigenvalue weighted by Crippen LogP contribution is 2.28. The molecule has 0 unspecified atom stereocenters. The molecule has 2 amide bonds. The molecule has 4 rings (SSSR count). The van der Waals surface area contributed by atoms with E-state index in [1.54, 1.807) is 23.1 Å². The van der Waals surface area contributed by atoms with E-state index in [-0.39, 0.29) is 24.8 Å². The van der Waals surface area contributed by atoms with Crippen molar-refractivity contribution in [2.45, 2.75) is 51.6 Å². The second kappa shape index (κ2) is 14.2. The standard InChI is InChI=1S/C33H34Cl2N2O2/c1-2-3-21-36-33(39)31(22-24-11-5-4-6-12-24)37(23-28-29(34)17-10-18-30(28)35)32(38)20-19-26-15-9-14-25-13-7-8-16-27(25)26/h4-18,31H,2-3,19-23H2,1H3,(H,36,39)/t31-/m0/s1. The molecule has 0 aliphatic carbocycles. The van der Waals surface area contributed by atoms with Crippen molar-refractivity contribution < 1.29 is 9.59 Å². The van der Waals surface area contributed by atoms with E-state index in [0.717, 1.165) is 34.7 Å². The number of nitrogens with one attached hydrogen (secondary N) is 1. The second-order valence-corrected chi connectivity index (χ2v) is 10.5. The molecule has 0 radical (unpaired) electrons. The topological polar surface area (TPSA) is 49.4 Å². The van der Waals surface area contributed by atoms with Crippen LogP contribution in [-0.4, -0.2) is 29.3 Å². The maximum atomic E-state index is 14.0. The van der Waals surface area contributed by atoms with Crippen molar-refractivity contribution in [1.29, 1.82) is 0 Å². The van der Waals surface area contributed by atoms with Crippen molar-refractivity contribution in [2.24, 2.45) is 0 Å². The van der Waals surface area contributed by atoms with Crippen molar-refractivity contribution in [3.05, 3.63) is 118 Å². The van der Waals surface area contributed by atoms with Gasteiger partial charge in [0.25, 0.3) is 0 Å². The van der Waals surface area contributed by atoms with Gasteiger partial charge in [0.05, 0.1) is 0 Å². The van der Waals surface area contributed by atoms with Crippen molar-refractivity contribution >= 4 is 45.8 Å². The van der Waals surface area contributed by atoms with Gasteiger partial charge >= 0.3 is 0 Å². The summed E-state index contributed by atoms with van der Waals surface area (Å²) in [6.45, 7) is 2.78. The van der Waals surface area contributed by atoms with Crippen LogP contribution in [0.2, 0.25) is 10.0 Å². The quantitative estimate of drug-likeness (QED) is 0.181. The highest BCUT2D eigenvalue weighted by Gasteiger charge is 2.31. The Morgan fingerprint density at radius 2 is 1.51 bits per heavy atom. The Balaban J connectivity index is 1.66. The Kier molecular flexibility index (Phi) is 10.4. The molecule has 39 heavy (non-hydrogen) atoms. The number of aryl methyl sites for hydroxylation is 1. The summed E-state index contributed by atoms with van der Waals surface area (Å²) < 4.78 is 0. The maximum absolute atomic E-state index is 14.0. The summed E-state index contributed by atoms with van der Waals surface area (Å²) in [5.41, 5.74) is 2.72. The molecule has 0 aliphatic heterocycles. The van der Waals surface area contributed by atoms with Crippen LogP contribution in [0.5, 0.6) is 0 Å². The number of benzene rings is 4. The molecule has 4 aromatic carbocycles. The molecule has 0 saturated carbocycles. The van der Waals surface area contributed by atoms with E-state index < -0.39 is 6.04 Å². The molecule has 0 aliphatic rings. The van der Waals surface area contributed by atoms with Crippen molar-refractivity contribution in [2.75, 3.05) is 6.54 Å². The largest absolute Gasteiger partial charge is 0.354 e. The fourth-order valence-electron chi connectivity index (χ4n) is 4.81. The lowest BCUT2D eigenvalue weighted by molar-refractivity contribution is -0.141. The van der Waals surface area contributed by atoms with Crippen LogP contribution >= 0.6 is 23.2 Å². The molecule has 0 saturated heterocycles. The zero-order valence-corrected chi connectivity index (χ0v) is 23.7. The molecular weight excluding hydrogens is 527 g/mol. The first-order valence-electron chi connectivity index (χ1n) is 13.5. The summed E-state index contributed by atoms with van der Waals surface area (Å²) >= 11 is 13.1. The molecule has 4 aromatic rings. The number of fused-ring (bicyclic) bond motifs is 1. The minimum absolute atomic E-state index is 0.120. The van der Waals surface area contributed by atoms with Gasteiger partial charge < -0.3 is 10.2 Å². The maximum Gasteiger partial charge on any atom is 0.243 e. The summed E-state index contributed by atoms with van der Waals surface area (Å²) in [5.74, 6) is -0.292. The van der Waals surface area contributed by atoms with Gasteiger partial charge in [-0.05, 0) is 46.9 Å². The van der Waals surface area contributed by atoms with Gasteiger partial charge in [0.2, 0.25) is 11.8 Å². The Hall–Kier alpha value is -3.34. The third-order valence-corrected chi connectivity index (χ3v) is 7.69. The van der Waals surface area contributed by atoms with Gasteiger partial charge in [-0.1, -0.05) is 115 Å². The van der Waals surface area contributed by atoms with Gasteiger partial charge in [-0.25, -0.2) is 0 Å². The first-order valence-corrected chi connectivity index (χ1v) is 14.2. The third kappa shape index (κ3) is 7.62. The van der Waals surface area contributed by atoms with Crippen molar-refractivity contribution in [1.82, 2.24) is 10.2 Å². The number of hydrogen-bond acceptors (Lipinski definition) is 2. The number of halogens is 2. The molecule has 6 heteroatoms. The number of unbranched alkanes of at least 4 members (excludes halogenated alkanes) is 1. The minimum Gasteiger partial charge on any atom is -0.354 e. The number of amides is 2. The zero-order chi connectivity index (χ0) is 27.6. The van der Waals surface area contributed by atoms with Crippen LogP contribution in [0.25, 0.3) is 10.8 Å². The fraction of sp³-hybridized carbons (Fsp3) is 0.273. The van der Waals surface area contributed by atoms with Crippen LogP contribution in [0.15, 0.2) is 91.0 Å². The van der Waals surface area contributed by atoms with E-state index in [9.17, 15) is 9.59 Å². The SMILES string of the molecule is CCCCNC(=O)[C@H](Cc1ccccc1)N(Cc1c(Cl)cccc1Cl)C(=O)CCc1cccc2ccccc12. The molecule has 4 nitrogen and oxygen atoms in total. The minimum atomic E-state index is -0.711. The van der Waals surface area contributed by atoms with E-state index in [4.69, 9.17) is 23.2 Å². The van der Waals surface area contributed by atoms with Crippen LogP contribution in [0, 0.1) is 0 Å². The Morgan fingerprint density at radius 1 is 0.846 bits per heavy atom. The highest BCUT2D eigenvalue weighted by molar-refractivity contribution is 6.36. The average Bonchev–Trinajstić information content (AvgIpc) is 2.95. The van der Waals surface area contributed by atoms with Crippen LogP contribution in [-0.2, 0) is 29.0 Å². The number of carbonyl (C=O) groups excluding carboxylic acids is 2. The first-order chi connectivity index (χ1) is 19.0. The Bertz CT molecular complexity index is 1380. The van der Waals surface area contributed by atoms with Crippen LogP contribution < -0.4 is 5.32 Å². The molecule has 0 bridgehead atoms. The van der Waals surface area contributed by atoms with Gasteiger partial charge in [-0.15, -0.1) is 0 Å². The molecule has 1 atom stereocenters. The van der Waals surface area contributed by atoms with Crippen molar-refractivity contribution in [3.8, 4) is 0 Å². The molecule has 0 fully saturated rings. The molecule has 0 spiro atoms. The van der Waals surface area contributed by atoms with E-state index >= 15 is 0 Å². The number of hydrogen-bond donors (Lipinski definition) is 1. The summed E-state index contributed by atoms with van der Waals surface area (Å²) in [6.07, 6.45) is 3.04. The predicted octanol–water partition coefficient (Wildman–Crippen LogP) is 7.64. The summed E-state index contributed by atoms with van der Waals surface area (Å²) in [5, 5.41) is 6.27. The Morgan fingerprint density at radius 3 is 2.26 bits per heavy atom. The van der Waals surface area contributed by atoms with E-state index in [0.29, 0.717) is 35.0 Å². The van der Waals surface area contributed by atoms with Gasteiger partial charge in [0.1, 0.15) is 6.04 Å². The van der Waals surface area contributed by atoms with Crippen LogP contribution in [0.3, 0.4) is 0 Å². The van der Waals surface area contributed by atoms with Crippen LogP contribution in [0.1, 0.15) is 42.9 Å². The van der Waals surface area contributed by atoms with Crippen molar-refractivity contribution in [3.63, 3.8) is 0 Å². The molecule has 0 aromatic heterocycles. The molecule has 202 valence electrons.